The highest BCUT2D eigenvalue weighted by Crippen LogP contribution is 2.10. The number of hydrogen-bond donors (Lipinski definition) is 4. The third-order valence-corrected chi connectivity index (χ3v) is 1.56. The van der Waals surface area contributed by atoms with Gasteiger partial charge in [-0.05, 0) is 6.92 Å². The van der Waals surface area contributed by atoms with Crippen LogP contribution >= 0.6 is 0 Å². The summed E-state index contributed by atoms with van der Waals surface area (Å²) in [6, 6.07) is 0. The van der Waals surface area contributed by atoms with Crippen molar-refractivity contribution in [3.63, 3.8) is 0 Å². The molecule has 0 saturated carbocycles. The Kier molecular flexibility index (Phi) is 3.61. The van der Waals surface area contributed by atoms with Crippen molar-refractivity contribution in [2.24, 2.45) is 0 Å². The molecule has 5 nitrogen and oxygen atoms in total. The summed E-state index contributed by atoms with van der Waals surface area (Å²) in [7, 11) is 0. The van der Waals surface area contributed by atoms with Crippen LogP contribution in [0.25, 0.3) is 0 Å². The average Bonchev–Trinajstić information content (AvgIpc) is 2.01. The van der Waals surface area contributed by atoms with Crippen molar-refractivity contribution in [3.8, 4) is 0 Å². The molecule has 0 saturated heterocycles. The zero-order chi connectivity index (χ0) is 9.07. The molecule has 0 aromatic carbocycles. The van der Waals surface area contributed by atoms with Gasteiger partial charge in [0.15, 0.2) is 11.4 Å². The van der Waals surface area contributed by atoms with Crippen LogP contribution in [0, 0.1) is 0 Å². The van der Waals surface area contributed by atoms with Crippen molar-refractivity contribution >= 4 is 5.78 Å². The quantitative estimate of drug-likeness (QED) is 0.373. The molecule has 0 radical (unpaired) electrons. The third-order valence-electron chi connectivity index (χ3n) is 1.56. The van der Waals surface area contributed by atoms with E-state index in [0.717, 1.165) is 6.92 Å². The van der Waals surface area contributed by atoms with Crippen LogP contribution in [0.2, 0.25) is 0 Å². The van der Waals surface area contributed by atoms with Crippen LogP contribution in [0.3, 0.4) is 0 Å². The summed E-state index contributed by atoms with van der Waals surface area (Å²) in [6.45, 7) is -0.643. The van der Waals surface area contributed by atoms with E-state index in [1.54, 1.807) is 0 Å². The first-order chi connectivity index (χ1) is 4.99. The van der Waals surface area contributed by atoms with Crippen LogP contribution in [0.1, 0.15) is 6.92 Å². The fourth-order valence-corrected chi connectivity index (χ4v) is 0.590. The van der Waals surface area contributed by atoms with Gasteiger partial charge in [-0.2, -0.15) is 0 Å². The molecule has 0 aliphatic carbocycles. The van der Waals surface area contributed by atoms with Gasteiger partial charge in [-0.25, -0.2) is 0 Å². The first-order valence-electron chi connectivity index (χ1n) is 3.14. The van der Waals surface area contributed by atoms with E-state index in [2.05, 4.69) is 0 Å². The van der Waals surface area contributed by atoms with E-state index in [9.17, 15) is 4.79 Å². The molecule has 0 aromatic heterocycles. The maximum Gasteiger partial charge on any atom is 0.194 e. The van der Waals surface area contributed by atoms with Crippen LogP contribution < -0.4 is 0 Å². The van der Waals surface area contributed by atoms with Crippen LogP contribution in [-0.4, -0.2) is 51.1 Å². The number of rotatable bonds is 4. The minimum atomic E-state index is -2.23. The second kappa shape index (κ2) is 3.77. The largest absolute Gasteiger partial charge is 0.393 e. The molecule has 11 heavy (non-hydrogen) atoms. The first-order valence-corrected chi connectivity index (χ1v) is 3.14. The highest BCUT2D eigenvalue weighted by molar-refractivity contribution is 5.88. The van der Waals surface area contributed by atoms with Gasteiger partial charge in [0.1, 0.15) is 6.61 Å². The summed E-state index contributed by atoms with van der Waals surface area (Å²) in [5.41, 5.74) is -2.23. The maximum atomic E-state index is 10.7. The van der Waals surface area contributed by atoms with E-state index < -0.39 is 30.7 Å². The maximum absolute atomic E-state index is 10.7. The van der Waals surface area contributed by atoms with Crippen molar-refractivity contribution in [2.45, 2.75) is 18.6 Å². The topological polar surface area (TPSA) is 98.0 Å². The number of aliphatic hydroxyl groups is 4. The summed E-state index contributed by atoms with van der Waals surface area (Å²) >= 11 is 0. The standard InChI is InChI=1S/C6H12O5/c1-4(9)6(11,3-8)5(10)2-7/h4,7-9,11H,2-3H2,1H3/t4-,6+/m1/s1. The summed E-state index contributed by atoms with van der Waals surface area (Å²) in [4.78, 5) is 10.7. The van der Waals surface area contributed by atoms with Gasteiger partial charge in [0.25, 0.3) is 0 Å². The highest BCUT2D eigenvalue weighted by Gasteiger charge is 2.39. The lowest BCUT2D eigenvalue weighted by Crippen LogP contribution is -2.52. The van der Waals surface area contributed by atoms with Gasteiger partial charge in [0.05, 0.1) is 12.7 Å². The molecule has 4 N–H and O–H groups in total. The lowest BCUT2D eigenvalue weighted by Gasteiger charge is -2.25. The monoisotopic (exact) mass is 164 g/mol. The molecule has 0 aliphatic rings. The van der Waals surface area contributed by atoms with Gasteiger partial charge >= 0.3 is 0 Å². The molecular formula is C6H12O5. The average molecular weight is 164 g/mol. The van der Waals surface area contributed by atoms with E-state index >= 15 is 0 Å². The molecule has 66 valence electrons. The van der Waals surface area contributed by atoms with E-state index in [0.29, 0.717) is 0 Å². The van der Waals surface area contributed by atoms with Gasteiger partial charge in [0, 0.05) is 0 Å². The molecule has 0 aromatic rings. The number of Topliss-reactive ketones (excluding diaryl/α,β-unsaturated/α-hetero) is 1. The Bertz CT molecular complexity index is 144. The first kappa shape index (κ1) is 10.5. The molecule has 0 rings (SSSR count). The summed E-state index contributed by atoms with van der Waals surface area (Å²) in [5, 5.41) is 34.8. The van der Waals surface area contributed by atoms with Crippen LogP contribution in [0.5, 0.6) is 0 Å². The van der Waals surface area contributed by atoms with Crippen molar-refractivity contribution in [1.82, 2.24) is 0 Å². The zero-order valence-electron chi connectivity index (χ0n) is 6.19. The van der Waals surface area contributed by atoms with Crippen molar-refractivity contribution in [1.29, 1.82) is 0 Å². The summed E-state index contributed by atoms with van der Waals surface area (Å²) in [5.74, 6) is -0.991. The molecule has 0 heterocycles. The van der Waals surface area contributed by atoms with Gasteiger partial charge in [-0.3, -0.25) is 4.79 Å². The fourth-order valence-electron chi connectivity index (χ4n) is 0.590. The van der Waals surface area contributed by atoms with Crippen molar-refractivity contribution in [3.05, 3.63) is 0 Å². The third kappa shape index (κ3) is 1.97. The summed E-state index contributed by atoms with van der Waals surface area (Å²) in [6.07, 6.45) is -1.40. The Morgan fingerprint density at radius 2 is 2.00 bits per heavy atom. The molecule has 0 unspecified atom stereocenters. The lowest BCUT2D eigenvalue weighted by molar-refractivity contribution is -0.158. The second-order valence-corrected chi connectivity index (χ2v) is 2.34. The fraction of sp³-hybridized carbons (Fsp3) is 0.833. The Morgan fingerprint density at radius 3 is 2.09 bits per heavy atom. The Balaban J connectivity index is 4.45. The van der Waals surface area contributed by atoms with Crippen molar-refractivity contribution in [2.75, 3.05) is 13.2 Å². The van der Waals surface area contributed by atoms with E-state index in [1.165, 1.54) is 0 Å². The SMILES string of the molecule is C[C@@H](O)[C@@](O)(CO)C(=O)CO. The van der Waals surface area contributed by atoms with Crippen molar-refractivity contribution < 1.29 is 25.2 Å². The minimum Gasteiger partial charge on any atom is -0.393 e. The van der Waals surface area contributed by atoms with Crippen LogP contribution in [0.15, 0.2) is 0 Å². The number of hydrogen-bond acceptors (Lipinski definition) is 5. The minimum absolute atomic E-state index is 0.899. The van der Waals surface area contributed by atoms with Crippen LogP contribution in [0.4, 0.5) is 0 Å². The highest BCUT2D eigenvalue weighted by atomic mass is 16.4. The molecule has 0 aliphatic heterocycles. The molecule has 5 heteroatoms. The second-order valence-electron chi connectivity index (χ2n) is 2.34. The Hall–Kier alpha value is -0.490. The predicted molar refractivity (Wildman–Crippen MR) is 35.8 cm³/mol. The predicted octanol–water partition coefficient (Wildman–Crippen LogP) is -2.35. The Labute approximate surface area is 63.9 Å². The number of aliphatic hydroxyl groups excluding tert-OH is 3. The number of ketones is 1. The van der Waals surface area contributed by atoms with E-state index in [-0.39, 0.29) is 0 Å². The van der Waals surface area contributed by atoms with Crippen LogP contribution in [-0.2, 0) is 4.79 Å². The van der Waals surface area contributed by atoms with Gasteiger partial charge in [-0.15, -0.1) is 0 Å². The number of carbonyl (C=O) groups is 1. The lowest BCUT2D eigenvalue weighted by atomic mass is 9.94. The normalized spacial score (nSPS) is 19.0. The van der Waals surface area contributed by atoms with E-state index in [4.69, 9.17) is 20.4 Å². The smallest absolute Gasteiger partial charge is 0.194 e. The molecule has 0 bridgehead atoms. The molecule has 0 spiro atoms. The van der Waals surface area contributed by atoms with Gasteiger partial charge in [-0.1, -0.05) is 0 Å². The zero-order valence-corrected chi connectivity index (χ0v) is 6.19. The summed E-state index contributed by atoms with van der Waals surface area (Å²) < 4.78 is 0. The molecule has 0 fully saturated rings. The molecule has 0 amide bonds. The van der Waals surface area contributed by atoms with E-state index in [1.807, 2.05) is 0 Å². The number of carbonyl (C=O) groups excluding carboxylic acids is 1. The molecule has 2 atom stereocenters. The van der Waals surface area contributed by atoms with Gasteiger partial charge in [0.2, 0.25) is 0 Å². The Morgan fingerprint density at radius 1 is 1.55 bits per heavy atom. The molecular weight excluding hydrogens is 152 g/mol. The van der Waals surface area contributed by atoms with Gasteiger partial charge < -0.3 is 20.4 Å².